The molecule has 1 aromatic heterocycles. The van der Waals surface area contributed by atoms with Gasteiger partial charge in [0, 0.05) is 24.6 Å². The molecular weight excluding hydrogens is 387 g/mol. The second-order valence-electron chi connectivity index (χ2n) is 7.37. The molecule has 0 radical (unpaired) electrons. The Morgan fingerprint density at radius 3 is 2.67 bits per heavy atom. The van der Waals surface area contributed by atoms with Gasteiger partial charge in [-0.15, -0.1) is 10.2 Å². The monoisotopic (exact) mass is 410 g/mol. The van der Waals surface area contributed by atoms with E-state index in [4.69, 9.17) is 10.5 Å². The first kappa shape index (κ1) is 20.0. The number of ether oxygens (including phenoxy) is 1. The lowest BCUT2D eigenvalue weighted by Gasteiger charge is -2.17. The highest BCUT2D eigenvalue weighted by Crippen LogP contribution is 2.28. The number of nitrogens with two attached hydrogens (primary N) is 1. The fraction of sp³-hybridized carbons (Fsp3) is 0.333. The summed E-state index contributed by atoms with van der Waals surface area (Å²) >= 11 is 0. The molecule has 156 valence electrons. The van der Waals surface area contributed by atoms with Gasteiger partial charge in [0.15, 0.2) is 6.33 Å². The molecule has 9 heteroatoms. The van der Waals surface area contributed by atoms with Crippen LogP contribution in [0.3, 0.4) is 0 Å². The summed E-state index contributed by atoms with van der Waals surface area (Å²) in [4.78, 5) is 16.1. The van der Waals surface area contributed by atoms with Gasteiger partial charge in [-0.3, -0.25) is 4.79 Å². The molecule has 2 N–H and O–H groups in total. The summed E-state index contributed by atoms with van der Waals surface area (Å²) in [7, 11) is 0. The lowest BCUT2D eigenvalue weighted by molar-refractivity contribution is 0.0790. The van der Waals surface area contributed by atoms with Crippen LogP contribution in [0.5, 0.6) is 5.75 Å². The maximum Gasteiger partial charge on any atom is 0.253 e. The van der Waals surface area contributed by atoms with Gasteiger partial charge in [-0.05, 0) is 53.6 Å². The molecule has 2 aromatic carbocycles. The molecule has 0 saturated carbocycles. The molecule has 1 aliphatic rings. The molecule has 0 bridgehead atoms. The van der Waals surface area contributed by atoms with E-state index >= 15 is 0 Å². The van der Waals surface area contributed by atoms with Crippen molar-refractivity contribution in [3.63, 3.8) is 0 Å². The van der Waals surface area contributed by atoms with Gasteiger partial charge in [-0.1, -0.05) is 12.1 Å². The van der Waals surface area contributed by atoms with Gasteiger partial charge >= 0.3 is 0 Å². The maximum absolute atomic E-state index is 13.1. The number of benzene rings is 2. The number of likely N-dealkylation sites (tertiary alicyclic amines) is 1. The SMILES string of the molecule is N[C@@H](COc1ccc(C(=O)N2CC[C@@H](c3ccc(F)cc3)C2)cc1)Cn1ncnn1. The molecule has 2 heterocycles. The summed E-state index contributed by atoms with van der Waals surface area (Å²) in [5.41, 5.74) is 7.68. The fourth-order valence-electron chi connectivity index (χ4n) is 3.57. The van der Waals surface area contributed by atoms with Crippen LogP contribution in [-0.4, -0.2) is 56.8 Å². The largest absolute Gasteiger partial charge is 0.492 e. The van der Waals surface area contributed by atoms with E-state index in [1.807, 2.05) is 4.90 Å². The van der Waals surface area contributed by atoms with E-state index in [1.54, 1.807) is 36.4 Å². The number of rotatable bonds is 7. The van der Waals surface area contributed by atoms with Crippen molar-refractivity contribution in [2.24, 2.45) is 5.73 Å². The van der Waals surface area contributed by atoms with Crippen molar-refractivity contribution in [2.45, 2.75) is 24.9 Å². The second kappa shape index (κ2) is 9.00. The van der Waals surface area contributed by atoms with Gasteiger partial charge in [0.05, 0.1) is 12.6 Å². The third-order valence-corrected chi connectivity index (χ3v) is 5.17. The molecule has 3 aromatic rings. The number of amides is 1. The number of aromatic nitrogens is 4. The number of hydrogen-bond acceptors (Lipinski definition) is 6. The Kier molecular flexibility index (Phi) is 5.99. The summed E-state index contributed by atoms with van der Waals surface area (Å²) in [5, 5.41) is 11.3. The third-order valence-electron chi connectivity index (χ3n) is 5.17. The van der Waals surface area contributed by atoms with E-state index < -0.39 is 0 Å². The van der Waals surface area contributed by atoms with E-state index in [9.17, 15) is 9.18 Å². The van der Waals surface area contributed by atoms with Crippen molar-refractivity contribution >= 4 is 5.91 Å². The Morgan fingerprint density at radius 2 is 1.97 bits per heavy atom. The van der Waals surface area contributed by atoms with Crippen molar-refractivity contribution in [2.75, 3.05) is 19.7 Å². The zero-order valence-corrected chi connectivity index (χ0v) is 16.4. The quantitative estimate of drug-likeness (QED) is 0.638. The van der Waals surface area contributed by atoms with Crippen molar-refractivity contribution in [1.29, 1.82) is 0 Å². The van der Waals surface area contributed by atoms with Crippen molar-refractivity contribution < 1.29 is 13.9 Å². The van der Waals surface area contributed by atoms with Crippen LogP contribution in [0.4, 0.5) is 4.39 Å². The van der Waals surface area contributed by atoms with Gasteiger partial charge in [0.1, 0.15) is 18.2 Å². The van der Waals surface area contributed by atoms with Gasteiger partial charge < -0.3 is 15.4 Å². The number of carbonyl (C=O) groups is 1. The Bertz CT molecular complexity index is 962. The zero-order valence-electron chi connectivity index (χ0n) is 16.4. The molecule has 4 rings (SSSR count). The number of hydrogen-bond donors (Lipinski definition) is 1. The van der Waals surface area contributed by atoms with E-state index in [2.05, 4.69) is 15.4 Å². The molecule has 1 aliphatic heterocycles. The molecule has 8 nitrogen and oxygen atoms in total. The number of nitrogens with zero attached hydrogens (tertiary/aromatic N) is 5. The fourth-order valence-corrected chi connectivity index (χ4v) is 3.57. The van der Waals surface area contributed by atoms with E-state index in [-0.39, 0.29) is 23.7 Å². The summed E-state index contributed by atoms with van der Waals surface area (Å²) < 4.78 is 18.8. The van der Waals surface area contributed by atoms with Crippen LogP contribution in [0.25, 0.3) is 0 Å². The van der Waals surface area contributed by atoms with Crippen LogP contribution in [-0.2, 0) is 6.54 Å². The molecule has 0 unspecified atom stereocenters. The van der Waals surface area contributed by atoms with Gasteiger partial charge in [-0.2, -0.15) is 4.80 Å². The molecule has 1 amide bonds. The van der Waals surface area contributed by atoms with Crippen molar-refractivity contribution in [1.82, 2.24) is 25.1 Å². The maximum atomic E-state index is 13.1. The lowest BCUT2D eigenvalue weighted by Crippen LogP contribution is -2.33. The first-order valence-electron chi connectivity index (χ1n) is 9.82. The smallest absolute Gasteiger partial charge is 0.253 e. The molecule has 1 saturated heterocycles. The predicted octanol–water partition coefficient (Wildman–Crippen LogP) is 1.85. The zero-order chi connectivity index (χ0) is 20.9. The third kappa shape index (κ3) is 4.80. The molecule has 30 heavy (non-hydrogen) atoms. The van der Waals surface area contributed by atoms with Crippen LogP contribution in [0.15, 0.2) is 54.9 Å². The topological polar surface area (TPSA) is 99.2 Å². The van der Waals surface area contributed by atoms with Crippen molar-refractivity contribution in [3.8, 4) is 5.75 Å². The number of tetrazole rings is 1. The molecule has 2 atom stereocenters. The number of carbonyl (C=O) groups excluding carboxylic acids is 1. The minimum atomic E-state index is -0.284. The van der Waals surface area contributed by atoms with Gasteiger partial charge in [-0.25, -0.2) is 4.39 Å². The highest BCUT2D eigenvalue weighted by Gasteiger charge is 2.28. The van der Waals surface area contributed by atoms with Crippen LogP contribution in [0, 0.1) is 5.82 Å². The Balaban J connectivity index is 1.29. The second-order valence-corrected chi connectivity index (χ2v) is 7.37. The molecular formula is C21H23FN6O2. The van der Waals surface area contributed by atoms with Crippen molar-refractivity contribution in [3.05, 3.63) is 71.8 Å². The van der Waals surface area contributed by atoms with Crippen LogP contribution < -0.4 is 10.5 Å². The molecule has 0 aliphatic carbocycles. The lowest BCUT2D eigenvalue weighted by atomic mass is 9.99. The Morgan fingerprint density at radius 1 is 1.20 bits per heavy atom. The summed E-state index contributed by atoms with van der Waals surface area (Å²) in [5.74, 6) is 0.611. The first-order valence-corrected chi connectivity index (χ1v) is 9.82. The van der Waals surface area contributed by atoms with E-state index in [0.29, 0.717) is 37.6 Å². The normalized spacial score (nSPS) is 17.1. The van der Waals surface area contributed by atoms with E-state index in [1.165, 1.54) is 23.3 Å². The summed E-state index contributed by atoms with van der Waals surface area (Å²) in [6, 6.07) is 13.3. The van der Waals surface area contributed by atoms with Gasteiger partial charge in [0.2, 0.25) is 0 Å². The molecule has 0 spiro atoms. The minimum Gasteiger partial charge on any atom is -0.492 e. The highest BCUT2D eigenvalue weighted by atomic mass is 19.1. The average molecular weight is 410 g/mol. The van der Waals surface area contributed by atoms with E-state index in [0.717, 1.165) is 12.0 Å². The van der Waals surface area contributed by atoms with Crippen LogP contribution >= 0.6 is 0 Å². The summed E-state index contributed by atoms with van der Waals surface area (Å²) in [6.07, 6.45) is 2.22. The number of halogens is 1. The Hall–Kier alpha value is -3.33. The first-order chi connectivity index (χ1) is 14.6. The minimum absolute atomic E-state index is 0.0138. The van der Waals surface area contributed by atoms with Gasteiger partial charge in [0.25, 0.3) is 5.91 Å². The highest BCUT2D eigenvalue weighted by molar-refractivity contribution is 5.94. The van der Waals surface area contributed by atoms with Crippen LogP contribution in [0.2, 0.25) is 0 Å². The predicted molar refractivity (Wildman–Crippen MR) is 107 cm³/mol. The molecule has 1 fully saturated rings. The Labute approximate surface area is 173 Å². The van der Waals surface area contributed by atoms with Crippen LogP contribution in [0.1, 0.15) is 28.3 Å². The standard InChI is InChI=1S/C21H23FN6O2/c22-18-5-1-15(2-6-18)17-9-10-27(11-17)21(29)16-3-7-20(8-4-16)30-13-19(23)12-28-25-14-24-26-28/h1-8,14,17,19H,9-13,23H2/t17-,19-/m1/s1. The average Bonchev–Trinajstić information content (AvgIpc) is 3.45. The summed E-state index contributed by atoms with van der Waals surface area (Å²) in [6.45, 7) is 2.01.